The average molecular weight is 169 g/mol. The minimum Gasteiger partial charge on any atom is -0.392 e. The lowest BCUT2D eigenvalue weighted by atomic mass is 10.2. The third-order valence-corrected chi connectivity index (χ3v) is 1.83. The fourth-order valence-electron chi connectivity index (χ4n) is 0.382. The molecule has 0 spiro atoms. The Hall–Kier alpha value is -0.170. The van der Waals surface area contributed by atoms with E-state index < -0.39 is 28.0 Å². The lowest BCUT2D eigenvalue weighted by molar-refractivity contribution is 0.170. The molecule has 0 fully saturated rings. The summed E-state index contributed by atoms with van der Waals surface area (Å²) in [5.74, 6) is -0.606. The van der Waals surface area contributed by atoms with Crippen molar-refractivity contribution in [1.82, 2.24) is 0 Å². The molecule has 0 saturated carbocycles. The van der Waals surface area contributed by atoms with Gasteiger partial charge < -0.3 is 10.8 Å². The monoisotopic (exact) mass is 169 g/mol. The molecule has 5 nitrogen and oxygen atoms in total. The van der Waals surface area contributed by atoms with Crippen LogP contribution in [0.4, 0.5) is 0 Å². The van der Waals surface area contributed by atoms with Crippen LogP contribution in [-0.2, 0) is 10.1 Å². The molecule has 0 aromatic carbocycles. The number of nitrogens with two attached hydrogens (primary N) is 1. The number of aliphatic hydroxyl groups is 1. The predicted molar refractivity (Wildman–Crippen MR) is 36.1 cm³/mol. The molecule has 0 heterocycles. The van der Waals surface area contributed by atoms with E-state index in [0.29, 0.717) is 0 Å². The topological polar surface area (TPSA) is 101 Å². The van der Waals surface area contributed by atoms with Gasteiger partial charge in [-0.25, -0.2) is 0 Å². The normalized spacial score (nSPS) is 18.4. The summed E-state index contributed by atoms with van der Waals surface area (Å²) >= 11 is 0. The number of hydrogen-bond donors (Lipinski definition) is 3. The molecular formula is C4H11NO4S. The zero-order chi connectivity index (χ0) is 8.36. The second-order valence-corrected chi connectivity index (χ2v) is 3.65. The molecule has 0 radical (unpaired) electrons. The summed E-state index contributed by atoms with van der Waals surface area (Å²) < 4.78 is 28.4. The Labute approximate surface area is 59.6 Å². The van der Waals surface area contributed by atoms with E-state index in [1.165, 1.54) is 6.92 Å². The van der Waals surface area contributed by atoms with Crippen molar-refractivity contribution in [2.24, 2.45) is 5.73 Å². The van der Waals surface area contributed by atoms with Crippen LogP contribution in [0.3, 0.4) is 0 Å². The van der Waals surface area contributed by atoms with E-state index in [1.54, 1.807) is 0 Å². The number of rotatable bonds is 3. The van der Waals surface area contributed by atoms with Crippen molar-refractivity contribution in [3.05, 3.63) is 0 Å². The maximum absolute atomic E-state index is 10.1. The van der Waals surface area contributed by atoms with Gasteiger partial charge in [0.1, 0.15) is 0 Å². The largest absolute Gasteiger partial charge is 0.392 e. The summed E-state index contributed by atoms with van der Waals surface area (Å²) in [6, 6.07) is -0.921. The Morgan fingerprint density at radius 1 is 1.60 bits per heavy atom. The second-order valence-electron chi connectivity index (χ2n) is 2.15. The summed E-state index contributed by atoms with van der Waals surface area (Å²) in [7, 11) is -4.05. The summed E-state index contributed by atoms with van der Waals surface area (Å²) in [5, 5.41) is 8.68. The van der Waals surface area contributed by atoms with Crippen LogP contribution in [0.25, 0.3) is 0 Å². The molecule has 62 valence electrons. The minimum atomic E-state index is -4.05. The summed E-state index contributed by atoms with van der Waals surface area (Å²) in [5.41, 5.74) is 5.11. The van der Waals surface area contributed by atoms with Gasteiger partial charge in [0.2, 0.25) is 0 Å². The Morgan fingerprint density at radius 2 is 2.00 bits per heavy atom. The zero-order valence-electron chi connectivity index (χ0n) is 5.56. The van der Waals surface area contributed by atoms with E-state index >= 15 is 0 Å². The number of hydrogen-bond acceptors (Lipinski definition) is 4. The maximum atomic E-state index is 10.1. The molecule has 0 saturated heterocycles. The Balaban J connectivity index is 3.93. The number of aliphatic hydroxyl groups excluding tert-OH is 1. The zero-order valence-corrected chi connectivity index (χ0v) is 6.37. The van der Waals surface area contributed by atoms with Crippen LogP contribution in [0, 0.1) is 0 Å². The van der Waals surface area contributed by atoms with Gasteiger partial charge in [-0.1, -0.05) is 0 Å². The van der Waals surface area contributed by atoms with Crippen LogP contribution >= 0.6 is 0 Å². The second kappa shape index (κ2) is 3.29. The molecule has 0 aromatic rings. The minimum absolute atomic E-state index is 0.606. The lowest BCUT2D eigenvalue weighted by Crippen LogP contribution is -2.38. The first kappa shape index (κ1) is 9.83. The molecule has 0 aliphatic carbocycles. The standard InChI is InChI=1S/C4H11NO4S/c1-3(6)4(5)2-10(7,8)9/h3-4,6H,2,5H2,1H3,(H,7,8,9)/t3-,4-/m1/s1. The third-order valence-electron chi connectivity index (χ3n) is 1.02. The van der Waals surface area contributed by atoms with Crippen LogP contribution in [-0.4, -0.2) is 36.0 Å². The molecule has 0 aliphatic heterocycles. The van der Waals surface area contributed by atoms with Crippen molar-refractivity contribution in [2.45, 2.75) is 19.1 Å². The van der Waals surface area contributed by atoms with Crippen LogP contribution in [0.2, 0.25) is 0 Å². The van der Waals surface area contributed by atoms with E-state index in [2.05, 4.69) is 0 Å². The van der Waals surface area contributed by atoms with Gasteiger partial charge in [-0.2, -0.15) is 8.42 Å². The van der Waals surface area contributed by atoms with Crippen molar-refractivity contribution < 1.29 is 18.1 Å². The first-order valence-corrected chi connectivity index (χ1v) is 4.32. The Bertz CT molecular complexity index is 185. The Morgan fingerprint density at radius 3 is 2.10 bits per heavy atom. The molecular weight excluding hydrogens is 158 g/mol. The first-order chi connectivity index (χ1) is 4.33. The fraction of sp³-hybridized carbons (Fsp3) is 1.00. The van der Waals surface area contributed by atoms with E-state index in [-0.39, 0.29) is 0 Å². The van der Waals surface area contributed by atoms with Crippen LogP contribution in [0.15, 0.2) is 0 Å². The van der Waals surface area contributed by atoms with E-state index in [9.17, 15) is 8.42 Å². The van der Waals surface area contributed by atoms with Gasteiger partial charge in [0, 0.05) is 6.04 Å². The highest BCUT2D eigenvalue weighted by molar-refractivity contribution is 7.85. The van der Waals surface area contributed by atoms with Gasteiger partial charge in [0.05, 0.1) is 11.9 Å². The summed E-state index contributed by atoms with van der Waals surface area (Å²) in [6.45, 7) is 1.36. The molecule has 6 heteroatoms. The highest BCUT2D eigenvalue weighted by Gasteiger charge is 2.16. The molecule has 0 aliphatic rings. The van der Waals surface area contributed by atoms with Crippen molar-refractivity contribution in [2.75, 3.05) is 5.75 Å². The average Bonchev–Trinajstić information content (AvgIpc) is 1.60. The molecule has 0 aromatic heterocycles. The van der Waals surface area contributed by atoms with E-state index in [0.717, 1.165) is 0 Å². The quantitative estimate of drug-likeness (QED) is 0.450. The predicted octanol–water partition coefficient (Wildman–Crippen LogP) is -1.42. The summed E-state index contributed by atoms with van der Waals surface area (Å²) in [6.07, 6.45) is -0.929. The highest BCUT2D eigenvalue weighted by Crippen LogP contribution is 1.92. The van der Waals surface area contributed by atoms with Gasteiger partial charge >= 0.3 is 0 Å². The van der Waals surface area contributed by atoms with Gasteiger partial charge in [-0.3, -0.25) is 4.55 Å². The molecule has 0 rings (SSSR count). The van der Waals surface area contributed by atoms with E-state index in [1.807, 2.05) is 0 Å². The van der Waals surface area contributed by atoms with Crippen LogP contribution in [0.1, 0.15) is 6.92 Å². The third kappa shape index (κ3) is 4.68. The fourth-order valence-corrected chi connectivity index (χ4v) is 1.15. The van der Waals surface area contributed by atoms with Crippen molar-refractivity contribution in [3.63, 3.8) is 0 Å². The van der Waals surface area contributed by atoms with Crippen molar-refractivity contribution >= 4 is 10.1 Å². The summed E-state index contributed by atoms with van der Waals surface area (Å²) in [4.78, 5) is 0. The molecule has 10 heavy (non-hydrogen) atoms. The molecule has 4 N–H and O–H groups in total. The molecule has 2 atom stereocenters. The molecule has 0 amide bonds. The van der Waals surface area contributed by atoms with Gasteiger partial charge in [0.25, 0.3) is 10.1 Å². The van der Waals surface area contributed by atoms with Gasteiger partial charge in [0.15, 0.2) is 0 Å². The highest BCUT2D eigenvalue weighted by atomic mass is 32.2. The lowest BCUT2D eigenvalue weighted by Gasteiger charge is -2.11. The van der Waals surface area contributed by atoms with Gasteiger partial charge in [-0.05, 0) is 6.92 Å². The molecule has 0 bridgehead atoms. The van der Waals surface area contributed by atoms with Crippen LogP contribution in [0.5, 0.6) is 0 Å². The first-order valence-electron chi connectivity index (χ1n) is 2.72. The van der Waals surface area contributed by atoms with Crippen molar-refractivity contribution in [1.29, 1.82) is 0 Å². The maximum Gasteiger partial charge on any atom is 0.266 e. The Kier molecular flexibility index (Phi) is 3.23. The van der Waals surface area contributed by atoms with E-state index in [4.69, 9.17) is 15.4 Å². The van der Waals surface area contributed by atoms with Gasteiger partial charge in [-0.15, -0.1) is 0 Å². The van der Waals surface area contributed by atoms with Crippen molar-refractivity contribution in [3.8, 4) is 0 Å². The molecule has 0 unspecified atom stereocenters. The SMILES string of the molecule is C[C@@H](O)[C@H](N)CS(=O)(=O)O. The smallest absolute Gasteiger partial charge is 0.266 e. The van der Waals surface area contributed by atoms with Crippen LogP contribution < -0.4 is 5.73 Å².